The monoisotopic (exact) mass is 214 g/mol. The molecule has 0 bridgehead atoms. The van der Waals surface area contributed by atoms with Gasteiger partial charge in [0.2, 0.25) is 5.91 Å². The molecule has 1 aliphatic heterocycles. The number of alkyl carbamates (subject to hydrolysis) is 1. The van der Waals surface area contributed by atoms with Crippen molar-refractivity contribution in [2.75, 3.05) is 6.54 Å². The van der Waals surface area contributed by atoms with E-state index in [-0.39, 0.29) is 17.9 Å². The summed E-state index contributed by atoms with van der Waals surface area (Å²) in [5.41, 5.74) is -0.502. The molecule has 0 aromatic carbocycles. The summed E-state index contributed by atoms with van der Waals surface area (Å²) in [6.45, 7) is 7.63. The van der Waals surface area contributed by atoms with Crippen LogP contribution >= 0.6 is 0 Å². The lowest BCUT2D eigenvalue weighted by molar-refractivity contribution is -0.134. The third kappa shape index (κ3) is 3.42. The van der Waals surface area contributed by atoms with Crippen LogP contribution in [-0.4, -0.2) is 30.2 Å². The molecule has 0 unspecified atom stereocenters. The van der Waals surface area contributed by atoms with Crippen molar-refractivity contribution in [3.05, 3.63) is 0 Å². The van der Waals surface area contributed by atoms with E-state index in [1.165, 1.54) is 0 Å². The topological polar surface area (TPSA) is 67.4 Å². The highest BCUT2D eigenvalue weighted by atomic mass is 16.6. The maximum absolute atomic E-state index is 11.3. The van der Waals surface area contributed by atoms with Crippen LogP contribution in [0.25, 0.3) is 0 Å². The van der Waals surface area contributed by atoms with Crippen LogP contribution in [0.15, 0.2) is 0 Å². The maximum Gasteiger partial charge on any atom is 0.407 e. The van der Waals surface area contributed by atoms with Gasteiger partial charge in [0, 0.05) is 12.6 Å². The number of nitrogens with one attached hydrogen (secondary N) is 2. The quantitative estimate of drug-likeness (QED) is 0.663. The van der Waals surface area contributed by atoms with Gasteiger partial charge in [-0.25, -0.2) is 4.79 Å². The van der Waals surface area contributed by atoms with Gasteiger partial charge in [0.15, 0.2) is 0 Å². The summed E-state index contributed by atoms with van der Waals surface area (Å²) in [4.78, 5) is 22.3. The van der Waals surface area contributed by atoms with Crippen LogP contribution in [0.1, 0.15) is 27.7 Å². The summed E-state index contributed by atoms with van der Waals surface area (Å²) in [5.74, 6) is -0.143. The molecule has 15 heavy (non-hydrogen) atoms. The molecule has 1 aliphatic rings. The van der Waals surface area contributed by atoms with Crippen molar-refractivity contribution in [3.63, 3.8) is 0 Å². The largest absolute Gasteiger partial charge is 0.444 e. The first kappa shape index (κ1) is 11.8. The lowest BCUT2D eigenvalue weighted by Gasteiger charge is -2.34. The standard InChI is InChI=1S/C10H18N2O3/c1-6-7(8(13)12-6)5-11-9(14)15-10(2,3)4/h6-7H,5H2,1-4H3,(H,11,14)(H,12,13)/t6-,7-/m1/s1. The third-order valence-electron chi connectivity index (χ3n) is 2.18. The third-order valence-corrected chi connectivity index (χ3v) is 2.18. The Hall–Kier alpha value is -1.26. The average molecular weight is 214 g/mol. The van der Waals surface area contributed by atoms with E-state index in [0.717, 1.165) is 0 Å². The number of carbonyl (C=O) groups is 2. The SMILES string of the molecule is C[C@H]1NC(=O)[C@@H]1CNC(=O)OC(C)(C)C. The molecule has 5 heteroatoms. The Morgan fingerprint density at radius 2 is 2.13 bits per heavy atom. The zero-order valence-electron chi connectivity index (χ0n) is 9.59. The summed E-state index contributed by atoms with van der Waals surface area (Å²) < 4.78 is 5.05. The van der Waals surface area contributed by atoms with Crippen LogP contribution in [0.5, 0.6) is 0 Å². The molecule has 0 aliphatic carbocycles. The molecule has 5 nitrogen and oxygen atoms in total. The lowest BCUT2D eigenvalue weighted by atomic mass is 9.92. The van der Waals surface area contributed by atoms with E-state index < -0.39 is 11.7 Å². The summed E-state index contributed by atoms with van der Waals surface area (Å²) in [6, 6.07) is 0.132. The molecule has 1 fully saturated rings. The van der Waals surface area contributed by atoms with Gasteiger partial charge >= 0.3 is 6.09 Å². The van der Waals surface area contributed by atoms with E-state index in [1.54, 1.807) is 20.8 Å². The molecule has 2 amide bonds. The van der Waals surface area contributed by atoms with Gasteiger partial charge in [0.05, 0.1) is 5.92 Å². The van der Waals surface area contributed by atoms with Crippen molar-refractivity contribution >= 4 is 12.0 Å². The summed E-state index contributed by atoms with van der Waals surface area (Å²) in [5, 5.41) is 5.28. The van der Waals surface area contributed by atoms with Gasteiger partial charge in [-0.2, -0.15) is 0 Å². The number of ether oxygens (including phenoxy) is 1. The van der Waals surface area contributed by atoms with E-state index in [4.69, 9.17) is 4.74 Å². The van der Waals surface area contributed by atoms with Crippen LogP contribution in [0.4, 0.5) is 4.79 Å². The second-order valence-corrected chi connectivity index (χ2v) is 4.79. The second kappa shape index (κ2) is 4.08. The van der Waals surface area contributed by atoms with Gasteiger partial charge in [-0.3, -0.25) is 4.79 Å². The molecule has 0 spiro atoms. The van der Waals surface area contributed by atoms with E-state index in [0.29, 0.717) is 6.54 Å². The highest BCUT2D eigenvalue weighted by Crippen LogP contribution is 2.13. The fourth-order valence-electron chi connectivity index (χ4n) is 1.34. The summed E-state index contributed by atoms with van der Waals surface area (Å²) in [6.07, 6.45) is -0.477. The Morgan fingerprint density at radius 3 is 2.53 bits per heavy atom. The van der Waals surface area contributed by atoms with Crippen LogP contribution < -0.4 is 10.6 Å². The van der Waals surface area contributed by atoms with Crippen molar-refractivity contribution in [2.45, 2.75) is 39.3 Å². The minimum atomic E-state index is -0.502. The van der Waals surface area contributed by atoms with Crippen LogP contribution in [0.3, 0.4) is 0 Å². The van der Waals surface area contributed by atoms with E-state index in [2.05, 4.69) is 10.6 Å². The minimum absolute atomic E-state index is 0.0152. The highest BCUT2D eigenvalue weighted by Gasteiger charge is 2.35. The molecule has 1 heterocycles. The number of hydrogen-bond donors (Lipinski definition) is 2. The van der Waals surface area contributed by atoms with E-state index in [1.807, 2.05) is 6.92 Å². The normalized spacial score (nSPS) is 25.2. The van der Waals surface area contributed by atoms with Gasteiger partial charge in [0.1, 0.15) is 5.60 Å². The zero-order chi connectivity index (χ0) is 11.6. The first-order chi connectivity index (χ1) is 6.79. The van der Waals surface area contributed by atoms with E-state index in [9.17, 15) is 9.59 Å². The molecule has 0 radical (unpaired) electrons. The van der Waals surface area contributed by atoms with Crippen LogP contribution in [0.2, 0.25) is 0 Å². The van der Waals surface area contributed by atoms with E-state index >= 15 is 0 Å². The zero-order valence-corrected chi connectivity index (χ0v) is 9.59. The highest BCUT2D eigenvalue weighted by molar-refractivity contribution is 5.86. The molecule has 1 saturated heterocycles. The molecular formula is C10H18N2O3. The van der Waals surface area contributed by atoms with Crippen molar-refractivity contribution in [1.82, 2.24) is 10.6 Å². The van der Waals surface area contributed by atoms with Gasteiger partial charge in [0.25, 0.3) is 0 Å². The van der Waals surface area contributed by atoms with Crippen molar-refractivity contribution in [2.24, 2.45) is 5.92 Å². The molecule has 86 valence electrons. The van der Waals surface area contributed by atoms with Gasteiger partial charge < -0.3 is 15.4 Å². The molecule has 2 N–H and O–H groups in total. The lowest BCUT2D eigenvalue weighted by Crippen LogP contribution is -2.60. The van der Waals surface area contributed by atoms with Crippen molar-refractivity contribution in [3.8, 4) is 0 Å². The average Bonchev–Trinajstić information content (AvgIpc) is 2.00. The van der Waals surface area contributed by atoms with Crippen molar-refractivity contribution in [1.29, 1.82) is 0 Å². The van der Waals surface area contributed by atoms with Crippen LogP contribution in [0, 0.1) is 5.92 Å². The van der Waals surface area contributed by atoms with Crippen molar-refractivity contribution < 1.29 is 14.3 Å². The Labute approximate surface area is 89.6 Å². The predicted octanol–water partition coefficient (Wildman–Crippen LogP) is 0.646. The minimum Gasteiger partial charge on any atom is -0.444 e. The molecular weight excluding hydrogens is 196 g/mol. The second-order valence-electron chi connectivity index (χ2n) is 4.79. The predicted molar refractivity (Wildman–Crippen MR) is 55.3 cm³/mol. The fourth-order valence-corrected chi connectivity index (χ4v) is 1.34. The van der Waals surface area contributed by atoms with Gasteiger partial charge in [-0.15, -0.1) is 0 Å². The Bertz CT molecular complexity index is 270. The summed E-state index contributed by atoms with van der Waals surface area (Å²) in [7, 11) is 0. The molecule has 1 rings (SSSR count). The fraction of sp³-hybridized carbons (Fsp3) is 0.800. The Morgan fingerprint density at radius 1 is 1.53 bits per heavy atom. The molecule has 0 saturated carbocycles. The number of rotatable bonds is 2. The van der Waals surface area contributed by atoms with Crippen LogP contribution in [-0.2, 0) is 9.53 Å². The van der Waals surface area contributed by atoms with Gasteiger partial charge in [-0.05, 0) is 27.7 Å². The summed E-state index contributed by atoms with van der Waals surface area (Å²) >= 11 is 0. The molecule has 0 aromatic heterocycles. The Balaban J connectivity index is 2.25. The number of hydrogen-bond acceptors (Lipinski definition) is 3. The number of β-lactam (4-membered cyclic amide) rings is 1. The first-order valence-corrected chi connectivity index (χ1v) is 5.07. The Kier molecular flexibility index (Phi) is 3.21. The molecule has 2 atom stereocenters. The van der Waals surface area contributed by atoms with Gasteiger partial charge in [-0.1, -0.05) is 0 Å². The smallest absolute Gasteiger partial charge is 0.407 e. The maximum atomic E-state index is 11.3. The first-order valence-electron chi connectivity index (χ1n) is 5.07. The molecule has 0 aromatic rings. The number of carbonyl (C=O) groups excluding carboxylic acids is 2. The number of amides is 2.